The Morgan fingerprint density at radius 2 is 2.04 bits per heavy atom. The number of aromatic nitrogens is 2. The molecule has 2 N–H and O–H groups in total. The zero-order valence-electron chi connectivity index (χ0n) is 15.9. The van der Waals surface area contributed by atoms with Crippen molar-refractivity contribution in [2.24, 2.45) is 0 Å². The van der Waals surface area contributed by atoms with Crippen molar-refractivity contribution in [3.05, 3.63) is 29.7 Å². The van der Waals surface area contributed by atoms with E-state index in [0.717, 1.165) is 44.9 Å². The van der Waals surface area contributed by atoms with Gasteiger partial charge in [-0.05, 0) is 31.9 Å². The van der Waals surface area contributed by atoms with Crippen LogP contribution >= 0.6 is 0 Å². The zero-order valence-corrected chi connectivity index (χ0v) is 15.9. The molecular formula is C20H28N4O3. The molecule has 0 bridgehead atoms. The molecule has 146 valence electrons. The predicted molar refractivity (Wildman–Crippen MR) is 102 cm³/mol. The molecule has 7 heteroatoms. The Hall–Kier alpha value is -2.12. The van der Waals surface area contributed by atoms with Gasteiger partial charge >= 0.3 is 0 Å². The predicted octanol–water partition coefficient (Wildman–Crippen LogP) is 2.74. The van der Waals surface area contributed by atoms with Gasteiger partial charge in [0.05, 0.1) is 13.2 Å². The summed E-state index contributed by atoms with van der Waals surface area (Å²) in [5.41, 5.74) is 1.16. The topological polar surface area (TPSA) is 83.4 Å². The quantitative estimate of drug-likeness (QED) is 0.843. The smallest absolute Gasteiger partial charge is 0.271 e. The molecule has 27 heavy (non-hydrogen) atoms. The number of rotatable bonds is 5. The van der Waals surface area contributed by atoms with E-state index in [1.54, 1.807) is 6.07 Å². The van der Waals surface area contributed by atoms with Crippen LogP contribution in [0, 0.1) is 6.92 Å². The van der Waals surface area contributed by atoms with E-state index in [2.05, 4.69) is 20.4 Å². The first-order chi connectivity index (χ1) is 13.2. The molecule has 2 fully saturated rings. The number of aromatic amines is 1. The highest BCUT2D eigenvalue weighted by Crippen LogP contribution is 2.34. The first-order valence-corrected chi connectivity index (χ1v) is 9.90. The number of H-pyrrole nitrogens is 1. The van der Waals surface area contributed by atoms with Crippen molar-refractivity contribution in [2.75, 3.05) is 32.8 Å². The van der Waals surface area contributed by atoms with Crippen LogP contribution in [-0.2, 0) is 4.74 Å². The second kappa shape index (κ2) is 7.86. The molecule has 1 aliphatic heterocycles. The van der Waals surface area contributed by atoms with Gasteiger partial charge in [0, 0.05) is 31.2 Å². The number of furan rings is 1. The number of carbonyl (C=O) groups is 1. The first kappa shape index (κ1) is 18.3. The third-order valence-corrected chi connectivity index (χ3v) is 5.86. The maximum Gasteiger partial charge on any atom is 0.271 e. The molecule has 0 unspecified atom stereocenters. The lowest BCUT2D eigenvalue weighted by atomic mass is 9.79. The van der Waals surface area contributed by atoms with Gasteiger partial charge in [-0.3, -0.25) is 14.8 Å². The summed E-state index contributed by atoms with van der Waals surface area (Å²) in [6.45, 7) is 6.00. The lowest BCUT2D eigenvalue weighted by Crippen LogP contribution is -2.59. The lowest BCUT2D eigenvalue weighted by molar-refractivity contribution is -0.0361. The maximum absolute atomic E-state index is 12.7. The van der Waals surface area contributed by atoms with Gasteiger partial charge in [0.1, 0.15) is 11.5 Å². The molecule has 1 saturated heterocycles. The highest BCUT2D eigenvalue weighted by atomic mass is 16.5. The van der Waals surface area contributed by atoms with Crippen LogP contribution in [0.25, 0.3) is 11.5 Å². The van der Waals surface area contributed by atoms with E-state index in [4.69, 9.17) is 9.15 Å². The van der Waals surface area contributed by atoms with E-state index in [9.17, 15) is 4.79 Å². The third kappa shape index (κ3) is 3.94. The molecular weight excluding hydrogens is 344 g/mol. The van der Waals surface area contributed by atoms with Crippen LogP contribution in [0.5, 0.6) is 0 Å². The standard InChI is InChI=1S/C20H28N4O3/c1-15-5-6-18(27-15)16-13-17(23-22-16)19(25)21-14-20(7-3-2-4-8-20)24-9-11-26-12-10-24/h5-6,13H,2-4,7-12,14H2,1H3,(H,21,25)(H,22,23). The number of morpholine rings is 1. The number of aryl methyl sites for hydroxylation is 1. The van der Waals surface area contributed by atoms with Crippen molar-refractivity contribution >= 4 is 5.91 Å². The van der Waals surface area contributed by atoms with E-state index in [1.165, 1.54) is 19.3 Å². The number of carbonyl (C=O) groups excluding carboxylic acids is 1. The Morgan fingerprint density at radius 3 is 2.74 bits per heavy atom. The molecule has 1 saturated carbocycles. The summed E-state index contributed by atoms with van der Waals surface area (Å²) in [6.07, 6.45) is 5.98. The summed E-state index contributed by atoms with van der Waals surface area (Å²) < 4.78 is 11.1. The lowest BCUT2D eigenvalue weighted by Gasteiger charge is -2.48. The van der Waals surface area contributed by atoms with Crippen LogP contribution in [0.15, 0.2) is 22.6 Å². The Balaban J connectivity index is 1.43. The van der Waals surface area contributed by atoms with Crippen molar-refractivity contribution in [1.82, 2.24) is 20.4 Å². The Bertz CT molecular complexity index is 770. The Labute approximate surface area is 159 Å². The minimum atomic E-state index is -0.140. The number of hydrogen-bond acceptors (Lipinski definition) is 5. The fourth-order valence-electron chi connectivity index (χ4n) is 4.33. The summed E-state index contributed by atoms with van der Waals surface area (Å²) >= 11 is 0. The van der Waals surface area contributed by atoms with E-state index < -0.39 is 0 Å². The third-order valence-electron chi connectivity index (χ3n) is 5.86. The van der Waals surface area contributed by atoms with Crippen molar-refractivity contribution in [3.63, 3.8) is 0 Å². The second-order valence-electron chi connectivity index (χ2n) is 7.64. The van der Waals surface area contributed by atoms with E-state index in [-0.39, 0.29) is 11.4 Å². The molecule has 7 nitrogen and oxygen atoms in total. The second-order valence-corrected chi connectivity index (χ2v) is 7.64. The average molecular weight is 372 g/mol. The summed E-state index contributed by atoms with van der Waals surface area (Å²) in [5.74, 6) is 1.38. The van der Waals surface area contributed by atoms with Crippen molar-refractivity contribution in [3.8, 4) is 11.5 Å². The monoisotopic (exact) mass is 372 g/mol. The van der Waals surface area contributed by atoms with Gasteiger partial charge < -0.3 is 14.5 Å². The van der Waals surface area contributed by atoms with Gasteiger partial charge in [0.2, 0.25) is 0 Å². The molecule has 3 heterocycles. The Kier molecular flexibility index (Phi) is 5.31. The molecule has 0 radical (unpaired) electrons. The molecule has 1 aliphatic carbocycles. The minimum Gasteiger partial charge on any atom is -0.460 e. The average Bonchev–Trinajstić information content (AvgIpc) is 3.37. The van der Waals surface area contributed by atoms with Gasteiger partial charge in [0.15, 0.2) is 11.5 Å². The van der Waals surface area contributed by atoms with E-state index >= 15 is 0 Å². The van der Waals surface area contributed by atoms with Gasteiger partial charge in [-0.15, -0.1) is 0 Å². The molecule has 2 aromatic rings. The van der Waals surface area contributed by atoms with E-state index in [1.807, 2.05) is 19.1 Å². The van der Waals surface area contributed by atoms with Gasteiger partial charge in [0.25, 0.3) is 5.91 Å². The molecule has 2 aromatic heterocycles. The van der Waals surface area contributed by atoms with Crippen LogP contribution in [0.1, 0.15) is 48.4 Å². The van der Waals surface area contributed by atoms with Crippen LogP contribution < -0.4 is 5.32 Å². The summed E-state index contributed by atoms with van der Waals surface area (Å²) in [4.78, 5) is 15.2. The highest BCUT2D eigenvalue weighted by molar-refractivity contribution is 5.93. The van der Waals surface area contributed by atoms with Crippen LogP contribution in [0.3, 0.4) is 0 Å². The van der Waals surface area contributed by atoms with Crippen LogP contribution in [-0.4, -0.2) is 59.4 Å². The molecule has 0 aromatic carbocycles. The van der Waals surface area contributed by atoms with Crippen molar-refractivity contribution in [1.29, 1.82) is 0 Å². The summed E-state index contributed by atoms with van der Waals surface area (Å²) in [5, 5.41) is 10.2. The SMILES string of the molecule is Cc1ccc(-c2cc(C(=O)NCC3(N4CCOCC4)CCCCC3)n[nH]2)o1. The molecule has 0 spiro atoms. The molecule has 1 amide bonds. The largest absolute Gasteiger partial charge is 0.460 e. The maximum atomic E-state index is 12.7. The highest BCUT2D eigenvalue weighted by Gasteiger charge is 2.39. The van der Waals surface area contributed by atoms with Crippen LogP contribution in [0.4, 0.5) is 0 Å². The number of nitrogens with zero attached hydrogens (tertiary/aromatic N) is 2. The Morgan fingerprint density at radius 1 is 1.26 bits per heavy atom. The normalized spacial score (nSPS) is 20.5. The summed E-state index contributed by atoms with van der Waals surface area (Å²) in [6, 6.07) is 5.51. The fourth-order valence-corrected chi connectivity index (χ4v) is 4.33. The van der Waals surface area contributed by atoms with Crippen LogP contribution in [0.2, 0.25) is 0 Å². The van der Waals surface area contributed by atoms with E-state index in [0.29, 0.717) is 23.7 Å². The minimum absolute atomic E-state index is 0.0505. The van der Waals surface area contributed by atoms with Gasteiger partial charge in [-0.2, -0.15) is 5.10 Å². The molecule has 2 aliphatic rings. The number of hydrogen-bond donors (Lipinski definition) is 2. The summed E-state index contributed by atoms with van der Waals surface area (Å²) in [7, 11) is 0. The fraction of sp³-hybridized carbons (Fsp3) is 0.600. The zero-order chi connectivity index (χ0) is 18.7. The first-order valence-electron chi connectivity index (χ1n) is 9.90. The molecule has 4 rings (SSSR count). The number of ether oxygens (including phenoxy) is 1. The van der Waals surface area contributed by atoms with Gasteiger partial charge in [-0.1, -0.05) is 19.3 Å². The van der Waals surface area contributed by atoms with Crippen molar-refractivity contribution < 1.29 is 13.9 Å². The van der Waals surface area contributed by atoms with Gasteiger partial charge in [-0.25, -0.2) is 0 Å². The van der Waals surface area contributed by atoms with Crippen molar-refractivity contribution in [2.45, 2.75) is 44.6 Å². The number of amides is 1. The number of nitrogens with one attached hydrogen (secondary N) is 2. The molecule has 0 atom stereocenters.